The smallest absolute Gasteiger partial charge is 0.354 e. The van der Waals surface area contributed by atoms with Crippen LogP contribution in [0, 0.1) is 11.6 Å². The second-order valence-corrected chi connectivity index (χ2v) is 9.19. The van der Waals surface area contributed by atoms with Crippen molar-refractivity contribution in [1.29, 1.82) is 0 Å². The van der Waals surface area contributed by atoms with Gasteiger partial charge in [-0.15, -0.1) is 0 Å². The van der Waals surface area contributed by atoms with E-state index in [9.17, 15) is 18.4 Å². The first-order valence-corrected chi connectivity index (χ1v) is 11.7. The molecule has 4 aromatic rings. The molecule has 0 radical (unpaired) electrons. The van der Waals surface area contributed by atoms with Crippen molar-refractivity contribution in [2.75, 3.05) is 19.0 Å². The van der Waals surface area contributed by atoms with Gasteiger partial charge in [-0.3, -0.25) is 4.79 Å². The molecule has 6 rings (SSSR count). The lowest BCUT2D eigenvalue weighted by molar-refractivity contribution is -0.131. The highest BCUT2D eigenvalue weighted by molar-refractivity contribution is 6.00. The molecule has 1 amide bonds. The molecule has 1 saturated heterocycles. The molecule has 0 saturated carbocycles. The molecule has 0 aliphatic carbocycles. The number of aromatic amines is 1. The molecule has 36 heavy (non-hydrogen) atoms. The van der Waals surface area contributed by atoms with Gasteiger partial charge in [0.25, 0.3) is 0 Å². The summed E-state index contributed by atoms with van der Waals surface area (Å²) in [6, 6.07) is 19.0. The summed E-state index contributed by atoms with van der Waals surface area (Å²) in [4.78, 5) is 31.3. The Morgan fingerprint density at radius 3 is 2.53 bits per heavy atom. The van der Waals surface area contributed by atoms with Gasteiger partial charge in [-0.1, -0.05) is 42.5 Å². The molecular weight excluding hydrogens is 464 g/mol. The maximum atomic E-state index is 14.4. The molecule has 182 valence electrons. The Hall–Kier alpha value is -4.20. The van der Waals surface area contributed by atoms with Crippen molar-refractivity contribution in [3.05, 3.63) is 101 Å². The van der Waals surface area contributed by atoms with Crippen LogP contribution >= 0.6 is 0 Å². The number of nitrogens with one attached hydrogen (secondary N) is 2. The fraction of sp³-hybridized carbons (Fsp3) is 0.214. The number of likely N-dealkylation sites (tertiary alicyclic amines) is 1. The summed E-state index contributed by atoms with van der Waals surface area (Å²) >= 11 is 0. The highest BCUT2D eigenvalue weighted by Gasteiger charge is 2.58. The zero-order chi connectivity index (χ0) is 25.0. The first-order valence-electron chi connectivity index (χ1n) is 11.7. The lowest BCUT2D eigenvalue weighted by Gasteiger charge is -2.33. The van der Waals surface area contributed by atoms with Crippen LogP contribution in [0.4, 0.5) is 14.5 Å². The summed E-state index contributed by atoms with van der Waals surface area (Å²) < 4.78 is 33.8. The number of methoxy groups -OCH3 is 1. The van der Waals surface area contributed by atoms with Crippen LogP contribution in [0.25, 0.3) is 10.9 Å². The van der Waals surface area contributed by atoms with Crippen LogP contribution in [-0.2, 0) is 21.4 Å². The van der Waals surface area contributed by atoms with Crippen LogP contribution in [0.3, 0.4) is 0 Å². The van der Waals surface area contributed by atoms with Crippen molar-refractivity contribution < 1.29 is 23.1 Å². The average Bonchev–Trinajstić information content (AvgIpc) is 3.54. The standard InChI is InChI=1S/C28H23F2N3O3/c1-36-26(35)25-24(16-7-2-4-11-21(16)31-25)28-13-14-33(27(28)32-22-12-5-3-8-18(22)28)23(34)15-17-19(29)9-6-10-20(17)30/h2-12,27,31-32H,13-15H2,1H3/t27-,28-/m1/s1. The Labute approximate surface area is 205 Å². The number of anilines is 1. The van der Waals surface area contributed by atoms with Gasteiger partial charge in [-0.25, -0.2) is 13.6 Å². The number of benzene rings is 3. The summed E-state index contributed by atoms with van der Waals surface area (Å²) in [7, 11) is 1.33. The van der Waals surface area contributed by atoms with E-state index in [0.717, 1.165) is 39.8 Å². The number of carbonyl (C=O) groups is 2. The summed E-state index contributed by atoms with van der Waals surface area (Å²) in [5, 5.41) is 4.33. The molecule has 1 fully saturated rings. The van der Waals surface area contributed by atoms with E-state index in [2.05, 4.69) is 10.3 Å². The van der Waals surface area contributed by atoms with E-state index in [1.54, 1.807) is 4.90 Å². The van der Waals surface area contributed by atoms with E-state index in [1.807, 2.05) is 48.5 Å². The van der Waals surface area contributed by atoms with Crippen LogP contribution in [-0.4, -0.2) is 41.6 Å². The molecule has 6 nitrogen and oxygen atoms in total. The first kappa shape index (κ1) is 22.3. The third-order valence-corrected chi connectivity index (χ3v) is 7.48. The Morgan fingerprint density at radius 1 is 1.03 bits per heavy atom. The van der Waals surface area contributed by atoms with E-state index in [0.29, 0.717) is 18.7 Å². The zero-order valence-corrected chi connectivity index (χ0v) is 19.5. The second kappa shape index (κ2) is 8.19. The van der Waals surface area contributed by atoms with Crippen LogP contribution in [0.15, 0.2) is 66.7 Å². The van der Waals surface area contributed by atoms with Crippen LogP contribution in [0.1, 0.15) is 33.6 Å². The van der Waals surface area contributed by atoms with Gasteiger partial charge in [0.05, 0.1) is 18.9 Å². The second-order valence-electron chi connectivity index (χ2n) is 9.19. The van der Waals surface area contributed by atoms with Crippen LogP contribution in [0.2, 0.25) is 0 Å². The summed E-state index contributed by atoms with van der Waals surface area (Å²) in [5.41, 5.74) is 2.64. The number of H-pyrrole nitrogens is 1. The van der Waals surface area contributed by atoms with E-state index in [4.69, 9.17) is 4.74 Å². The molecule has 3 aromatic carbocycles. The van der Waals surface area contributed by atoms with Crippen molar-refractivity contribution >= 4 is 28.5 Å². The van der Waals surface area contributed by atoms with Crippen molar-refractivity contribution in [2.45, 2.75) is 24.4 Å². The highest BCUT2D eigenvalue weighted by Crippen LogP contribution is 2.55. The van der Waals surface area contributed by atoms with Crippen molar-refractivity contribution in [3.63, 3.8) is 0 Å². The predicted octanol–water partition coefficient (Wildman–Crippen LogP) is 4.75. The van der Waals surface area contributed by atoms with Gasteiger partial charge >= 0.3 is 5.97 Å². The minimum Gasteiger partial charge on any atom is -0.464 e. The molecule has 0 spiro atoms. The van der Waals surface area contributed by atoms with Gasteiger partial charge in [-0.2, -0.15) is 0 Å². The fourth-order valence-electron chi connectivity index (χ4n) is 5.94. The molecule has 2 N–H and O–H groups in total. The quantitative estimate of drug-likeness (QED) is 0.408. The highest BCUT2D eigenvalue weighted by atomic mass is 19.1. The van der Waals surface area contributed by atoms with E-state index < -0.39 is 41.5 Å². The van der Waals surface area contributed by atoms with Crippen molar-refractivity contribution in [3.8, 4) is 0 Å². The predicted molar refractivity (Wildman–Crippen MR) is 131 cm³/mol. The monoisotopic (exact) mass is 487 g/mol. The molecule has 8 heteroatoms. The number of para-hydroxylation sites is 2. The SMILES string of the molecule is COC(=O)c1[nH]c2ccccc2c1[C@]12CCN(C(=O)Cc3c(F)cccc3F)[C@H]1Nc1ccccc12. The molecule has 2 aliphatic rings. The average molecular weight is 488 g/mol. The van der Waals surface area contributed by atoms with Gasteiger partial charge in [0, 0.05) is 34.3 Å². The molecule has 0 bridgehead atoms. The molecule has 0 unspecified atom stereocenters. The van der Waals surface area contributed by atoms with Gasteiger partial charge in [0.15, 0.2) is 0 Å². The van der Waals surface area contributed by atoms with Crippen LogP contribution in [0.5, 0.6) is 0 Å². The maximum absolute atomic E-state index is 14.4. The zero-order valence-electron chi connectivity index (χ0n) is 19.5. The van der Waals surface area contributed by atoms with Crippen LogP contribution < -0.4 is 5.32 Å². The number of rotatable bonds is 4. The van der Waals surface area contributed by atoms with E-state index in [-0.39, 0.29) is 5.56 Å². The number of hydrogen-bond donors (Lipinski definition) is 2. The molecule has 1 aromatic heterocycles. The van der Waals surface area contributed by atoms with Gasteiger partial charge in [0.1, 0.15) is 23.5 Å². The maximum Gasteiger partial charge on any atom is 0.354 e. The minimum absolute atomic E-state index is 0.252. The molecular formula is C28H23F2N3O3. The number of esters is 1. The van der Waals surface area contributed by atoms with Gasteiger partial charge in [0.2, 0.25) is 5.91 Å². The number of hydrogen-bond acceptors (Lipinski definition) is 4. The molecule has 2 atom stereocenters. The number of fused-ring (bicyclic) bond motifs is 4. The number of aromatic nitrogens is 1. The summed E-state index contributed by atoms with van der Waals surface area (Å²) in [6.07, 6.45) is -0.445. The lowest BCUT2D eigenvalue weighted by Crippen LogP contribution is -2.47. The van der Waals surface area contributed by atoms with Gasteiger partial charge < -0.3 is 19.9 Å². The molecule has 2 aliphatic heterocycles. The number of ether oxygens (including phenoxy) is 1. The van der Waals surface area contributed by atoms with Crippen molar-refractivity contribution in [2.24, 2.45) is 0 Å². The largest absolute Gasteiger partial charge is 0.464 e. The first-order chi connectivity index (χ1) is 17.5. The minimum atomic E-state index is -0.775. The lowest BCUT2D eigenvalue weighted by atomic mass is 9.72. The summed E-state index contributed by atoms with van der Waals surface area (Å²) in [5.74, 6) is -2.40. The Bertz CT molecular complexity index is 1510. The third-order valence-electron chi connectivity index (χ3n) is 7.48. The Morgan fingerprint density at radius 2 is 1.75 bits per heavy atom. The van der Waals surface area contributed by atoms with E-state index >= 15 is 0 Å². The summed E-state index contributed by atoms with van der Waals surface area (Å²) in [6.45, 7) is 0.348. The van der Waals surface area contributed by atoms with Gasteiger partial charge in [-0.05, 0) is 36.2 Å². The van der Waals surface area contributed by atoms with E-state index in [1.165, 1.54) is 13.2 Å². The number of carbonyl (C=O) groups excluding carboxylic acids is 2. The fourth-order valence-corrected chi connectivity index (χ4v) is 5.94. The Kier molecular flexibility index (Phi) is 5.07. The third kappa shape index (κ3) is 3.07. The number of amides is 1. The number of halogens is 2. The van der Waals surface area contributed by atoms with Crippen molar-refractivity contribution in [1.82, 2.24) is 9.88 Å². The number of nitrogens with zero attached hydrogens (tertiary/aromatic N) is 1. The molecule has 3 heterocycles. The topological polar surface area (TPSA) is 74.4 Å². The Balaban J connectivity index is 1.51. The normalized spacial score (nSPS) is 20.2.